The molecule has 1 amide bonds. The molecule has 0 radical (unpaired) electrons. The molecular weight excluding hydrogens is 294 g/mol. The van der Waals surface area contributed by atoms with Crippen LogP contribution in [0.5, 0.6) is 0 Å². The van der Waals surface area contributed by atoms with Gasteiger partial charge < -0.3 is 5.32 Å². The maximum Gasteiger partial charge on any atom is 0.419 e. The second-order valence-electron chi connectivity index (χ2n) is 4.58. The topological polar surface area (TPSA) is 29.1 Å². The SMILES string of the molecule is O=C(NC1CCCSC1)c1ccc(F)c(C(F)(F)F)c1. The molecule has 0 aliphatic carbocycles. The maximum absolute atomic E-state index is 13.1. The Labute approximate surface area is 117 Å². The van der Waals surface area contributed by atoms with Gasteiger partial charge in [0, 0.05) is 17.4 Å². The Morgan fingerprint density at radius 1 is 1.35 bits per heavy atom. The van der Waals surface area contributed by atoms with Gasteiger partial charge in [-0.05, 0) is 36.8 Å². The van der Waals surface area contributed by atoms with E-state index in [0.717, 1.165) is 30.4 Å². The van der Waals surface area contributed by atoms with Gasteiger partial charge in [-0.25, -0.2) is 4.39 Å². The first-order valence-electron chi connectivity index (χ1n) is 6.13. The van der Waals surface area contributed by atoms with Crippen molar-refractivity contribution in [1.82, 2.24) is 5.32 Å². The van der Waals surface area contributed by atoms with E-state index in [1.54, 1.807) is 11.8 Å². The van der Waals surface area contributed by atoms with Crippen molar-refractivity contribution in [3.8, 4) is 0 Å². The summed E-state index contributed by atoms with van der Waals surface area (Å²) >= 11 is 1.70. The largest absolute Gasteiger partial charge is 0.419 e. The van der Waals surface area contributed by atoms with Crippen LogP contribution in [-0.2, 0) is 6.18 Å². The van der Waals surface area contributed by atoms with E-state index < -0.39 is 23.5 Å². The molecule has 2 nitrogen and oxygen atoms in total. The number of benzene rings is 1. The first-order chi connectivity index (χ1) is 9.38. The van der Waals surface area contributed by atoms with Crippen molar-refractivity contribution in [2.24, 2.45) is 0 Å². The number of carbonyl (C=O) groups excluding carboxylic acids is 1. The Balaban J connectivity index is 2.13. The third-order valence-electron chi connectivity index (χ3n) is 3.03. The third-order valence-corrected chi connectivity index (χ3v) is 4.24. The average Bonchev–Trinajstić information content (AvgIpc) is 2.39. The van der Waals surface area contributed by atoms with E-state index in [1.165, 1.54) is 0 Å². The van der Waals surface area contributed by atoms with Crippen molar-refractivity contribution in [3.63, 3.8) is 0 Å². The summed E-state index contributed by atoms with van der Waals surface area (Å²) in [6.45, 7) is 0. The van der Waals surface area contributed by atoms with Crippen molar-refractivity contribution in [1.29, 1.82) is 0 Å². The molecule has 0 aromatic heterocycles. The van der Waals surface area contributed by atoms with Crippen LogP contribution >= 0.6 is 11.8 Å². The van der Waals surface area contributed by atoms with E-state index in [2.05, 4.69) is 5.32 Å². The predicted octanol–water partition coefficient (Wildman–Crippen LogP) is 3.47. The lowest BCUT2D eigenvalue weighted by Gasteiger charge is -2.22. The van der Waals surface area contributed by atoms with E-state index >= 15 is 0 Å². The minimum Gasteiger partial charge on any atom is -0.348 e. The van der Waals surface area contributed by atoms with Crippen LogP contribution in [-0.4, -0.2) is 23.5 Å². The summed E-state index contributed by atoms with van der Waals surface area (Å²) in [6, 6.07) is 2.25. The van der Waals surface area contributed by atoms with Gasteiger partial charge in [0.25, 0.3) is 5.91 Å². The lowest BCUT2D eigenvalue weighted by Crippen LogP contribution is -2.38. The molecule has 0 bridgehead atoms. The Kier molecular flexibility index (Phi) is 4.57. The highest BCUT2D eigenvalue weighted by Gasteiger charge is 2.34. The summed E-state index contributed by atoms with van der Waals surface area (Å²) < 4.78 is 50.9. The van der Waals surface area contributed by atoms with Crippen LogP contribution in [0.25, 0.3) is 0 Å². The molecule has 1 atom stereocenters. The number of hydrogen-bond acceptors (Lipinski definition) is 2. The van der Waals surface area contributed by atoms with Crippen LogP contribution in [0.3, 0.4) is 0 Å². The highest BCUT2D eigenvalue weighted by Crippen LogP contribution is 2.32. The summed E-state index contributed by atoms with van der Waals surface area (Å²) in [5.74, 6) is -0.189. The number of thioether (sulfide) groups is 1. The third kappa shape index (κ3) is 3.65. The number of nitrogens with one attached hydrogen (secondary N) is 1. The average molecular weight is 307 g/mol. The molecule has 20 heavy (non-hydrogen) atoms. The smallest absolute Gasteiger partial charge is 0.348 e. The van der Waals surface area contributed by atoms with Gasteiger partial charge in [0.15, 0.2) is 0 Å². The van der Waals surface area contributed by atoms with Crippen LogP contribution in [0, 0.1) is 5.82 Å². The number of hydrogen-bond donors (Lipinski definition) is 1. The summed E-state index contributed by atoms with van der Waals surface area (Å²) in [5, 5.41) is 2.68. The monoisotopic (exact) mass is 307 g/mol. The van der Waals surface area contributed by atoms with Gasteiger partial charge in [0.05, 0.1) is 5.56 Å². The minimum absolute atomic E-state index is 0.0411. The zero-order chi connectivity index (χ0) is 14.8. The Morgan fingerprint density at radius 2 is 2.10 bits per heavy atom. The van der Waals surface area contributed by atoms with Gasteiger partial charge in [-0.1, -0.05) is 0 Å². The van der Waals surface area contributed by atoms with Gasteiger partial charge in [0.2, 0.25) is 0 Å². The van der Waals surface area contributed by atoms with E-state index in [-0.39, 0.29) is 11.6 Å². The second kappa shape index (κ2) is 6.03. The van der Waals surface area contributed by atoms with Crippen LogP contribution in [0.1, 0.15) is 28.8 Å². The molecule has 1 heterocycles. The Morgan fingerprint density at radius 3 is 2.70 bits per heavy atom. The number of amides is 1. The number of halogens is 4. The van der Waals surface area contributed by atoms with Crippen LogP contribution < -0.4 is 5.32 Å². The molecule has 0 saturated carbocycles. The van der Waals surface area contributed by atoms with Gasteiger partial charge in [-0.2, -0.15) is 24.9 Å². The molecule has 110 valence electrons. The summed E-state index contributed by atoms with van der Waals surface area (Å²) in [5.41, 5.74) is -1.59. The van der Waals surface area contributed by atoms with E-state index in [0.29, 0.717) is 12.1 Å². The number of alkyl halides is 3. The molecule has 1 aliphatic heterocycles. The fourth-order valence-corrected chi connectivity index (χ4v) is 3.08. The van der Waals surface area contributed by atoms with Crippen LogP contribution in [0.4, 0.5) is 17.6 Å². The van der Waals surface area contributed by atoms with Crippen molar-refractivity contribution < 1.29 is 22.4 Å². The van der Waals surface area contributed by atoms with Crippen LogP contribution in [0.15, 0.2) is 18.2 Å². The number of carbonyl (C=O) groups is 1. The summed E-state index contributed by atoms with van der Waals surface area (Å²) in [6.07, 6.45) is -3.03. The lowest BCUT2D eigenvalue weighted by molar-refractivity contribution is -0.140. The first kappa shape index (κ1) is 15.2. The Bertz CT molecular complexity index is 498. The van der Waals surface area contributed by atoms with Crippen molar-refractivity contribution in [2.75, 3.05) is 11.5 Å². The summed E-state index contributed by atoms with van der Waals surface area (Å²) in [4.78, 5) is 11.9. The normalized spacial score (nSPS) is 19.7. The molecule has 1 unspecified atom stereocenters. The van der Waals surface area contributed by atoms with Crippen LogP contribution in [0.2, 0.25) is 0 Å². The zero-order valence-corrected chi connectivity index (χ0v) is 11.3. The fraction of sp³-hybridized carbons (Fsp3) is 0.462. The van der Waals surface area contributed by atoms with Crippen molar-refractivity contribution in [2.45, 2.75) is 25.1 Å². The second-order valence-corrected chi connectivity index (χ2v) is 5.73. The standard InChI is InChI=1S/C13H13F4NOS/c14-11-4-3-8(6-10(11)13(15,16)17)12(19)18-9-2-1-5-20-7-9/h3-4,6,9H,1-2,5,7H2,(H,18,19). The predicted molar refractivity (Wildman–Crippen MR) is 69.2 cm³/mol. The molecule has 1 aliphatic rings. The van der Waals surface area contributed by atoms with Crippen molar-refractivity contribution >= 4 is 17.7 Å². The molecule has 1 fully saturated rings. The molecule has 1 N–H and O–H groups in total. The minimum atomic E-state index is -4.80. The fourth-order valence-electron chi connectivity index (χ4n) is 2.01. The summed E-state index contributed by atoms with van der Waals surface area (Å²) in [7, 11) is 0. The lowest BCUT2D eigenvalue weighted by atomic mass is 10.1. The quantitative estimate of drug-likeness (QED) is 0.848. The highest BCUT2D eigenvalue weighted by atomic mass is 32.2. The maximum atomic E-state index is 13.1. The number of rotatable bonds is 2. The molecule has 0 spiro atoms. The molecule has 7 heteroatoms. The zero-order valence-electron chi connectivity index (χ0n) is 10.5. The van der Waals surface area contributed by atoms with Gasteiger partial charge in [0.1, 0.15) is 5.82 Å². The van der Waals surface area contributed by atoms with Gasteiger partial charge >= 0.3 is 6.18 Å². The van der Waals surface area contributed by atoms with E-state index in [4.69, 9.17) is 0 Å². The van der Waals surface area contributed by atoms with E-state index in [9.17, 15) is 22.4 Å². The van der Waals surface area contributed by atoms with Gasteiger partial charge in [-0.3, -0.25) is 4.79 Å². The molecule has 2 rings (SSSR count). The Hall–Kier alpha value is -1.24. The first-order valence-corrected chi connectivity index (χ1v) is 7.29. The van der Waals surface area contributed by atoms with Gasteiger partial charge in [-0.15, -0.1) is 0 Å². The van der Waals surface area contributed by atoms with E-state index in [1.807, 2.05) is 0 Å². The van der Waals surface area contributed by atoms with Crippen molar-refractivity contribution in [3.05, 3.63) is 35.1 Å². The molecular formula is C13H13F4NOS. The molecule has 1 aromatic carbocycles. The molecule has 1 saturated heterocycles. The molecule has 1 aromatic rings. The highest BCUT2D eigenvalue weighted by molar-refractivity contribution is 7.99.